The summed E-state index contributed by atoms with van der Waals surface area (Å²) in [7, 11) is 0. The minimum Gasteiger partial charge on any atom is -0.376 e. The highest BCUT2D eigenvalue weighted by atomic mass is 16.2. The van der Waals surface area contributed by atoms with E-state index >= 15 is 0 Å². The van der Waals surface area contributed by atoms with Gasteiger partial charge in [-0.1, -0.05) is 60.7 Å². The highest BCUT2D eigenvalue weighted by Gasteiger charge is 2.24. The lowest BCUT2D eigenvalue weighted by Crippen LogP contribution is -2.27. The zero-order valence-corrected chi connectivity index (χ0v) is 16.0. The quantitative estimate of drug-likeness (QED) is 0.568. The van der Waals surface area contributed by atoms with Crippen LogP contribution in [-0.4, -0.2) is 24.4 Å². The van der Waals surface area contributed by atoms with Crippen LogP contribution in [0.4, 0.5) is 11.4 Å². The molecule has 3 N–H and O–H groups in total. The Labute approximate surface area is 170 Å². The van der Waals surface area contributed by atoms with Gasteiger partial charge in [-0.05, 0) is 36.6 Å². The molecule has 5 heteroatoms. The van der Waals surface area contributed by atoms with Gasteiger partial charge in [-0.25, -0.2) is 0 Å². The highest BCUT2D eigenvalue weighted by molar-refractivity contribution is 6.01. The van der Waals surface area contributed by atoms with Crippen LogP contribution in [0.25, 0.3) is 11.1 Å². The molecule has 0 heterocycles. The third-order valence-corrected chi connectivity index (χ3v) is 4.81. The number of hydrogen-bond donors (Lipinski definition) is 3. The summed E-state index contributed by atoms with van der Waals surface area (Å²) in [4.78, 5) is 25.0. The van der Waals surface area contributed by atoms with Gasteiger partial charge in [0.1, 0.15) is 0 Å². The molecule has 146 valence electrons. The molecule has 1 aliphatic carbocycles. The fourth-order valence-electron chi connectivity index (χ4n) is 3.16. The molecule has 0 bridgehead atoms. The Balaban J connectivity index is 1.42. The third kappa shape index (κ3) is 4.82. The molecule has 1 fully saturated rings. The maximum absolute atomic E-state index is 12.6. The van der Waals surface area contributed by atoms with E-state index in [1.807, 2.05) is 72.8 Å². The number of para-hydroxylation sites is 2. The lowest BCUT2D eigenvalue weighted by Gasteiger charge is -2.14. The first kappa shape index (κ1) is 18.7. The minimum absolute atomic E-state index is 0.0663. The second-order valence-corrected chi connectivity index (χ2v) is 7.11. The van der Waals surface area contributed by atoms with E-state index in [-0.39, 0.29) is 24.4 Å². The van der Waals surface area contributed by atoms with E-state index in [9.17, 15) is 9.59 Å². The van der Waals surface area contributed by atoms with Crippen molar-refractivity contribution in [2.75, 3.05) is 17.2 Å². The number of rotatable bonds is 7. The molecule has 5 nitrogen and oxygen atoms in total. The SMILES string of the molecule is O=C(CNc1ccccc1C(=O)NC1CC1)Nc1ccccc1-c1ccccc1. The smallest absolute Gasteiger partial charge is 0.253 e. The maximum Gasteiger partial charge on any atom is 0.253 e. The summed E-state index contributed by atoms with van der Waals surface area (Å²) in [5, 5.41) is 9.05. The van der Waals surface area contributed by atoms with Gasteiger partial charge >= 0.3 is 0 Å². The number of anilines is 2. The largest absolute Gasteiger partial charge is 0.376 e. The van der Waals surface area contributed by atoms with Gasteiger partial charge in [0.05, 0.1) is 12.1 Å². The van der Waals surface area contributed by atoms with E-state index in [0.29, 0.717) is 11.3 Å². The van der Waals surface area contributed by atoms with Crippen molar-refractivity contribution >= 4 is 23.2 Å². The summed E-state index contributed by atoms with van der Waals surface area (Å²) in [6.45, 7) is 0.0663. The Kier molecular flexibility index (Phi) is 5.56. The molecule has 0 radical (unpaired) electrons. The van der Waals surface area contributed by atoms with Crippen molar-refractivity contribution in [3.8, 4) is 11.1 Å². The van der Waals surface area contributed by atoms with Gasteiger partial charge in [-0.2, -0.15) is 0 Å². The Morgan fingerprint density at radius 1 is 0.793 bits per heavy atom. The van der Waals surface area contributed by atoms with Crippen LogP contribution in [0, 0.1) is 0 Å². The Morgan fingerprint density at radius 3 is 2.21 bits per heavy atom. The van der Waals surface area contributed by atoms with E-state index < -0.39 is 0 Å². The van der Waals surface area contributed by atoms with Crippen molar-refractivity contribution < 1.29 is 9.59 Å². The summed E-state index contributed by atoms with van der Waals surface area (Å²) in [6, 6.07) is 25.2. The second-order valence-electron chi connectivity index (χ2n) is 7.11. The molecule has 1 saturated carbocycles. The highest BCUT2D eigenvalue weighted by Crippen LogP contribution is 2.27. The van der Waals surface area contributed by atoms with Crippen LogP contribution in [0.3, 0.4) is 0 Å². The fraction of sp³-hybridized carbons (Fsp3) is 0.167. The predicted molar refractivity (Wildman–Crippen MR) is 116 cm³/mol. The first-order valence-corrected chi connectivity index (χ1v) is 9.79. The Bertz CT molecular complexity index is 1010. The molecule has 2 amide bonds. The molecule has 29 heavy (non-hydrogen) atoms. The molecule has 3 aromatic carbocycles. The van der Waals surface area contributed by atoms with Crippen LogP contribution in [0.2, 0.25) is 0 Å². The third-order valence-electron chi connectivity index (χ3n) is 4.81. The topological polar surface area (TPSA) is 70.2 Å². The zero-order chi connectivity index (χ0) is 20.1. The molecular formula is C24H23N3O2. The zero-order valence-electron chi connectivity index (χ0n) is 16.0. The molecular weight excluding hydrogens is 362 g/mol. The molecule has 1 aliphatic rings. The Hall–Kier alpha value is -3.60. The molecule has 0 spiro atoms. The molecule has 3 aromatic rings. The number of amides is 2. The summed E-state index contributed by atoms with van der Waals surface area (Å²) in [6.07, 6.45) is 2.06. The van der Waals surface area contributed by atoms with Crippen LogP contribution in [-0.2, 0) is 4.79 Å². The molecule has 0 aliphatic heterocycles. The lowest BCUT2D eigenvalue weighted by atomic mass is 10.0. The summed E-state index contributed by atoms with van der Waals surface area (Å²) >= 11 is 0. The average Bonchev–Trinajstić information content (AvgIpc) is 3.57. The van der Waals surface area contributed by atoms with Crippen LogP contribution in [0.5, 0.6) is 0 Å². The van der Waals surface area contributed by atoms with Crippen LogP contribution < -0.4 is 16.0 Å². The van der Waals surface area contributed by atoms with Crippen molar-refractivity contribution in [3.63, 3.8) is 0 Å². The standard InChI is InChI=1S/C24H23N3O2/c28-23(27-22-13-7-4-10-19(22)17-8-2-1-3-9-17)16-25-21-12-6-5-11-20(21)24(29)26-18-14-15-18/h1-13,18,25H,14-16H2,(H,26,29)(H,27,28). The van der Waals surface area contributed by atoms with Crippen LogP contribution in [0.1, 0.15) is 23.2 Å². The van der Waals surface area contributed by atoms with Crippen molar-refractivity contribution in [2.45, 2.75) is 18.9 Å². The van der Waals surface area contributed by atoms with Gasteiger partial charge in [0, 0.05) is 23.0 Å². The molecule has 0 aromatic heterocycles. The van der Waals surface area contributed by atoms with Crippen molar-refractivity contribution in [2.24, 2.45) is 0 Å². The van der Waals surface area contributed by atoms with E-state index in [0.717, 1.165) is 29.7 Å². The van der Waals surface area contributed by atoms with Crippen molar-refractivity contribution in [1.82, 2.24) is 5.32 Å². The predicted octanol–water partition coefficient (Wildman–Crippen LogP) is 4.30. The Morgan fingerprint density at radius 2 is 1.45 bits per heavy atom. The van der Waals surface area contributed by atoms with E-state index in [1.54, 1.807) is 6.07 Å². The molecule has 0 saturated heterocycles. The summed E-state index contributed by atoms with van der Waals surface area (Å²) in [5.74, 6) is -0.281. The first-order valence-electron chi connectivity index (χ1n) is 9.79. The number of carbonyl (C=O) groups is 2. The summed E-state index contributed by atoms with van der Waals surface area (Å²) < 4.78 is 0. The maximum atomic E-state index is 12.6. The number of nitrogens with one attached hydrogen (secondary N) is 3. The first-order chi connectivity index (χ1) is 14.2. The second kappa shape index (κ2) is 8.61. The monoisotopic (exact) mass is 385 g/mol. The number of hydrogen-bond acceptors (Lipinski definition) is 3. The molecule has 0 unspecified atom stereocenters. The van der Waals surface area contributed by atoms with Crippen LogP contribution >= 0.6 is 0 Å². The van der Waals surface area contributed by atoms with Gasteiger partial charge in [0.2, 0.25) is 5.91 Å². The minimum atomic E-state index is -0.175. The normalized spacial score (nSPS) is 12.8. The van der Waals surface area contributed by atoms with Crippen LogP contribution in [0.15, 0.2) is 78.9 Å². The van der Waals surface area contributed by atoms with Gasteiger partial charge in [0.15, 0.2) is 0 Å². The molecule has 4 rings (SSSR count). The van der Waals surface area contributed by atoms with E-state index in [4.69, 9.17) is 0 Å². The number of benzene rings is 3. The molecule has 0 atom stereocenters. The fourth-order valence-corrected chi connectivity index (χ4v) is 3.16. The van der Waals surface area contributed by atoms with Gasteiger partial charge in [-0.15, -0.1) is 0 Å². The van der Waals surface area contributed by atoms with Gasteiger partial charge in [-0.3, -0.25) is 9.59 Å². The van der Waals surface area contributed by atoms with E-state index in [2.05, 4.69) is 16.0 Å². The summed E-state index contributed by atoms with van der Waals surface area (Å²) in [5.41, 5.74) is 3.96. The number of carbonyl (C=O) groups excluding carboxylic acids is 2. The average molecular weight is 385 g/mol. The van der Waals surface area contributed by atoms with E-state index in [1.165, 1.54) is 0 Å². The lowest BCUT2D eigenvalue weighted by molar-refractivity contribution is -0.114. The van der Waals surface area contributed by atoms with Gasteiger partial charge in [0.25, 0.3) is 5.91 Å². The van der Waals surface area contributed by atoms with Crippen molar-refractivity contribution in [3.05, 3.63) is 84.4 Å². The van der Waals surface area contributed by atoms with Gasteiger partial charge < -0.3 is 16.0 Å². The van der Waals surface area contributed by atoms with Crippen molar-refractivity contribution in [1.29, 1.82) is 0 Å².